The maximum atomic E-state index is 13.9. The van der Waals surface area contributed by atoms with Crippen LogP contribution in [0, 0.1) is 11.3 Å². The third-order valence-electron chi connectivity index (χ3n) is 9.46. The highest BCUT2D eigenvalue weighted by Crippen LogP contribution is 2.49. The maximum Gasteiger partial charge on any atom is 0.356 e. The highest BCUT2D eigenvalue weighted by Gasteiger charge is 2.60. The average molecular weight is 599 g/mol. The SMILES string of the molecule is COC1=C(C)C(=O)C2=C(C1=O)[C@@H]1[C@@H]3CC4=C(C(=O)C(OC)=C(C)C4=O)[C@H](COC(=O)c4ccccn4)N3[C@@H](C#N)[C@H](C2)N1C. The molecule has 2 aliphatic carbocycles. The molecule has 12 nitrogen and oxygen atoms in total. The number of hydrogen-bond acceptors (Lipinski definition) is 12. The Hall–Kier alpha value is -4.73. The summed E-state index contributed by atoms with van der Waals surface area (Å²) in [7, 11) is 4.43. The molecule has 0 N–H and O–H groups in total. The first-order valence-electron chi connectivity index (χ1n) is 14.2. The van der Waals surface area contributed by atoms with Crippen LogP contribution in [0.3, 0.4) is 0 Å². The van der Waals surface area contributed by atoms with Crippen molar-refractivity contribution >= 4 is 29.1 Å². The second-order valence-electron chi connectivity index (χ2n) is 11.4. The quantitative estimate of drug-likeness (QED) is 0.355. The summed E-state index contributed by atoms with van der Waals surface area (Å²) in [6, 6.07) is 3.25. The van der Waals surface area contributed by atoms with Crippen LogP contribution in [0.1, 0.15) is 37.2 Å². The smallest absolute Gasteiger partial charge is 0.356 e. The molecule has 44 heavy (non-hydrogen) atoms. The minimum absolute atomic E-state index is 0.0160. The van der Waals surface area contributed by atoms with Gasteiger partial charge in [0.05, 0.1) is 32.4 Å². The van der Waals surface area contributed by atoms with E-state index in [0.29, 0.717) is 5.57 Å². The Balaban J connectivity index is 1.51. The highest BCUT2D eigenvalue weighted by atomic mass is 16.5. The third-order valence-corrected chi connectivity index (χ3v) is 9.46. The number of Topliss-reactive ketones (excluding diaryl/α,β-unsaturated/α-hetero) is 4. The fraction of sp³-hybridized carbons (Fsp3) is 0.406. The van der Waals surface area contributed by atoms with Gasteiger partial charge in [-0.15, -0.1) is 0 Å². The van der Waals surface area contributed by atoms with E-state index in [0.717, 1.165) is 0 Å². The van der Waals surface area contributed by atoms with Crippen molar-refractivity contribution in [3.05, 3.63) is 75.0 Å². The summed E-state index contributed by atoms with van der Waals surface area (Å²) in [4.78, 5) is 75.8. The van der Waals surface area contributed by atoms with Crippen LogP contribution in [0.4, 0.5) is 0 Å². The van der Waals surface area contributed by atoms with Gasteiger partial charge < -0.3 is 14.2 Å². The number of methoxy groups -OCH3 is 2. The first kappa shape index (κ1) is 29.3. The number of rotatable bonds is 5. The van der Waals surface area contributed by atoms with E-state index in [1.54, 1.807) is 31.0 Å². The number of pyridine rings is 1. The Morgan fingerprint density at radius 3 is 2.09 bits per heavy atom. The molecule has 3 aliphatic heterocycles. The summed E-state index contributed by atoms with van der Waals surface area (Å²) in [5, 5.41) is 10.6. The topological polar surface area (TPSA) is 156 Å². The van der Waals surface area contributed by atoms with Crippen molar-refractivity contribution in [1.29, 1.82) is 5.26 Å². The third kappa shape index (κ3) is 4.03. The zero-order valence-electron chi connectivity index (χ0n) is 24.9. The molecule has 1 aromatic rings. The number of aromatic nitrogens is 1. The number of fused-ring (bicyclic) bond motifs is 5. The van der Waals surface area contributed by atoms with E-state index in [1.165, 1.54) is 33.4 Å². The summed E-state index contributed by atoms with van der Waals surface area (Å²) in [6.07, 6.45) is 1.58. The molecule has 4 heterocycles. The lowest BCUT2D eigenvalue weighted by Gasteiger charge is -2.60. The monoisotopic (exact) mass is 598 g/mol. The lowest BCUT2D eigenvalue weighted by atomic mass is 9.67. The number of piperazine rings is 1. The Kier molecular flexibility index (Phi) is 7.18. The van der Waals surface area contributed by atoms with Crippen LogP contribution < -0.4 is 0 Å². The van der Waals surface area contributed by atoms with Crippen LogP contribution in [-0.4, -0.2) is 102 Å². The van der Waals surface area contributed by atoms with Crippen molar-refractivity contribution in [2.24, 2.45) is 0 Å². The normalized spacial score (nSPS) is 28.9. The highest BCUT2D eigenvalue weighted by molar-refractivity contribution is 6.26. The molecule has 0 unspecified atom stereocenters. The van der Waals surface area contributed by atoms with Crippen molar-refractivity contribution < 1.29 is 38.2 Å². The molecule has 0 aromatic carbocycles. The number of likely N-dealkylation sites (N-methyl/N-ethyl adjacent to an activating group) is 1. The molecule has 5 atom stereocenters. The van der Waals surface area contributed by atoms with E-state index in [4.69, 9.17) is 14.2 Å². The summed E-state index contributed by atoms with van der Waals surface area (Å²) < 4.78 is 16.4. The predicted octanol–water partition coefficient (Wildman–Crippen LogP) is 1.40. The number of ether oxygens (including phenoxy) is 3. The number of nitrogens with zero attached hydrogens (tertiary/aromatic N) is 4. The predicted molar refractivity (Wildman–Crippen MR) is 151 cm³/mol. The summed E-state index contributed by atoms with van der Waals surface area (Å²) >= 11 is 0. The van der Waals surface area contributed by atoms with Gasteiger partial charge in [0.25, 0.3) is 0 Å². The lowest BCUT2D eigenvalue weighted by molar-refractivity contribution is -0.126. The molecule has 0 radical (unpaired) electrons. The van der Waals surface area contributed by atoms with Crippen molar-refractivity contribution in [3.8, 4) is 6.07 Å². The maximum absolute atomic E-state index is 13.9. The van der Waals surface area contributed by atoms with Gasteiger partial charge in [0.2, 0.25) is 11.6 Å². The second-order valence-corrected chi connectivity index (χ2v) is 11.4. The number of nitriles is 1. The van der Waals surface area contributed by atoms with E-state index in [9.17, 15) is 29.2 Å². The van der Waals surface area contributed by atoms with Crippen LogP contribution in [0.5, 0.6) is 0 Å². The van der Waals surface area contributed by atoms with Crippen molar-refractivity contribution in [2.75, 3.05) is 27.9 Å². The van der Waals surface area contributed by atoms with Crippen molar-refractivity contribution in [1.82, 2.24) is 14.8 Å². The van der Waals surface area contributed by atoms with Crippen molar-refractivity contribution in [2.45, 2.75) is 56.9 Å². The van der Waals surface area contributed by atoms with Gasteiger partial charge >= 0.3 is 5.97 Å². The Bertz CT molecular complexity index is 1710. The second kappa shape index (κ2) is 10.8. The standard InChI is InChI=1S/C32H30N4O8/c1-14-26(37)16-11-20-25-24-17(27(38)15(2)31(43-5)29(24)40)10-19(35(25)3)21(12-33)36(20)22(23(16)28(39)30(14)42-4)13-44-32(41)18-8-6-7-9-34-18/h6-9,19-22,25H,10-11,13H2,1-5H3/t19-,20-,21-,22-,25-/m0/s1. The molecule has 2 bridgehead atoms. The van der Waals surface area contributed by atoms with Gasteiger partial charge in [0.15, 0.2) is 23.1 Å². The largest absolute Gasteiger partial charge is 0.492 e. The molecule has 5 aliphatic rings. The van der Waals surface area contributed by atoms with Gasteiger partial charge in [0.1, 0.15) is 18.3 Å². The number of ketones is 4. The Labute approximate surface area is 253 Å². The van der Waals surface area contributed by atoms with Gasteiger partial charge in [-0.1, -0.05) is 6.07 Å². The minimum atomic E-state index is -1.02. The molecule has 1 saturated heterocycles. The molecule has 6 rings (SSSR count). The zero-order chi connectivity index (χ0) is 31.6. The molecule has 0 saturated carbocycles. The van der Waals surface area contributed by atoms with E-state index in [2.05, 4.69) is 11.1 Å². The molecule has 226 valence electrons. The van der Waals surface area contributed by atoms with Gasteiger partial charge in [-0.3, -0.25) is 29.0 Å². The van der Waals surface area contributed by atoms with E-state index >= 15 is 0 Å². The Morgan fingerprint density at radius 2 is 1.52 bits per heavy atom. The van der Waals surface area contributed by atoms with Crippen LogP contribution in [0.2, 0.25) is 0 Å². The van der Waals surface area contributed by atoms with Crippen molar-refractivity contribution in [3.63, 3.8) is 0 Å². The van der Waals surface area contributed by atoms with Crippen LogP contribution in [0.25, 0.3) is 0 Å². The molecular weight excluding hydrogens is 568 g/mol. The average Bonchev–Trinajstić information content (AvgIpc) is 3.02. The van der Waals surface area contributed by atoms with Crippen LogP contribution in [0.15, 0.2) is 69.4 Å². The summed E-state index contributed by atoms with van der Waals surface area (Å²) in [5.41, 5.74) is 1.30. The fourth-order valence-corrected chi connectivity index (χ4v) is 7.49. The van der Waals surface area contributed by atoms with E-state index < -0.39 is 53.5 Å². The number of carbonyl (C=O) groups is 5. The van der Waals surface area contributed by atoms with Gasteiger partial charge in [-0.2, -0.15) is 5.26 Å². The molecular formula is C32H30N4O8. The summed E-state index contributed by atoms with van der Waals surface area (Å²) in [6.45, 7) is 2.68. The van der Waals surface area contributed by atoms with Crippen LogP contribution in [-0.2, 0) is 33.4 Å². The van der Waals surface area contributed by atoms with Gasteiger partial charge in [0, 0.05) is 51.7 Å². The minimum Gasteiger partial charge on any atom is -0.492 e. The molecule has 12 heteroatoms. The zero-order valence-corrected chi connectivity index (χ0v) is 24.9. The number of carbonyl (C=O) groups excluding carboxylic acids is 5. The number of hydrogen-bond donors (Lipinski definition) is 0. The number of allylic oxidation sites excluding steroid dienone is 4. The first-order chi connectivity index (χ1) is 21.1. The van der Waals surface area contributed by atoms with E-state index in [1.807, 2.05) is 4.90 Å². The number of esters is 1. The molecule has 0 amide bonds. The fourth-order valence-electron chi connectivity index (χ4n) is 7.49. The van der Waals surface area contributed by atoms with Crippen LogP contribution >= 0.6 is 0 Å². The van der Waals surface area contributed by atoms with Gasteiger partial charge in [-0.25, -0.2) is 9.78 Å². The molecule has 1 aromatic heterocycles. The summed E-state index contributed by atoms with van der Waals surface area (Å²) in [5.74, 6) is -2.56. The Morgan fingerprint density at radius 1 is 0.932 bits per heavy atom. The molecule has 0 spiro atoms. The lowest BCUT2D eigenvalue weighted by Crippen LogP contribution is -2.74. The van der Waals surface area contributed by atoms with Gasteiger partial charge in [-0.05, 0) is 45.9 Å². The molecule has 1 fully saturated rings. The van der Waals surface area contributed by atoms with E-state index in [-0.39, 0.29) is 70.3 Å². The first-order valence-corrected chi connectivity index (χ1v) is 14.2.